The van der Waals surface area contributed by atoms with E-state index in [1.165, 1.54) is 0 Å². The van der Waals surface area contributed by atoms with Gasteiger partial charge in [0.2, 0.25) is 0 Å². The van der Waals surface area contributed by atoms with E-state index in [4.69, 9.17) is 10.5 Å². The summed E-state index contributed by atoms with van der Waals surface area (Å²) in [4.78, 5) is 17.0. The Morgan fingerprint density at radius 3 is 2.76 bits per heavy atom. The highest BCUT2D eigenvalue weighted by Crippen LogP contribution is 2.30. The number of nitrogens with two attached hydrogens (primary N) is 1. The van der Waals surface area contributed by atoms with Crippen molar-refractivity contribution in [3.8, 4) is 17.0 Å². The average Bonchev–Trinajstić information content (AvgIpc) is 3.04. The quantitative estimate of drug-likeness (QED) is 0.734. The molecule has 1 atom stereocenters. The van der Waals surface area contributed by atoms with Crippen LogP contribution in [0.25, 0.3) is 11.3 Å². The minimum absolute atomic E-state index is 0.187. The molecule has 3 N–H and O–H groups in total. The number of aromatic nitrogens is 2. The molecule has 1 amide bonds. The molecule has 0 saturated carbocycles. The number of hydrogen-bond donors (Lipinski definition) is 2. The molecular formula is C18H18N4O2S. The first kappa shape index (κ1) is 16.9. The summed E-state index contributed by atoms with van der Waals surface area (Å²) in [5.74, 6) is 0.501. The average molecular weight is 354 g/mol. The minimum atomic E-state index is -0.245. The van der Waals surface area contributed by atoms with Gasteiger partial charge in [0.05, 0.1) is 18.8 Å². The molecule has 0 radical (unpaired) electrons. The maximum Gasteiger partial charge on any atom is 0.265 e. The fraction of sp³-hybridized carbons (Fsp3) is 0.167. The van der Waals surface area contributed by atoms with Gasteiger partial charge < -0.3 is 15.8 Å². The summed E-state index contributed by atoms with van der Waals surface area (Å²) in [6.45, 7) is 1.91. The lowest BCUT2D eigenvalue weighted by atomic mass is 10.1. The molecule has 0 aliphatic rings. The predicted molar refractivity (Wildman–Crippen MR) is 98.6 cm³/mol. The number of rotatable bonds is 5. The Bertz CT molecular complexity index is 880. The van der Waals surface area contributed by atoms with Crippen molar-refractivity contribution in [1.29, 1.82) is 0 Å². The van der Waals surface area contributed by atoms with E-state index in [2.05, 4.69) is 14.7 Å². The highest BCUT2D eigenvalue weighted by Gasteiger charge is 2.20. The van der Waals surface area contributed by atoms with Gasteiger partial charge in [0.25, 0.3) is 5.91 Å². The highest BCUT2D eigenvalue weighted by atomic mass is 32.1. The molecule has 0 spiro atoms. The Morgan fingerprint density at radius 2 is 2.04 bits per heavy atom. The molecule has 2 aromatic heterocycles. The molecule has 25 heavy (non-hydrogen) atoms. The second-order valence-corrected chi connectivity index (χ2v) is 6.26. The number of nitrogens with one attached hydrogen (secondary N) is 1. The van der Waals surface area contributed by atoms with Crippen LogP contribution in [0.1, 0.15) is 28.2 Å². The molecular weight excluding hydrogens is 336 g/mol. The molecule has 2 heterocycles. The molecule has 0 saturated heterocycles. The van der Waals surface area contributed by atoms with Gasteiger partial charge in [-0.25, -0.2) is 0 Å². The first-order valence-corrected chi connectivity index (χ1v) is 8.48. The monoisotopic (exact) mass is 354 g/mol. The number of anilines is 1. The number of nitrogen functional groups attached to an aromatic ring is 1. The molecule has 128 valence electrons. The smallest absolute Gasteiger partial charge is 0.265 e. The number of carbonyl (C=O) groups is 1. The lowest BCUT2D eigenvalue weighted by Gasteiger charge is -2.14. The summed E-state index contributed by atoms with van der Waals surface area (Å²) in [7, 11) is 1.61. The van der Waals surface area contributed by atoms with Gasteiger partial charge in [0.15, 0.2) is 0 Å². The fourth-order valence-electron chi connectivity index (χ4n) is 2.44. The van der Waals surface area contributed by atoms with Gasteiger partial charge in [-0.05, 0) is 48.3 Å². The Morgan fingerprint density at radius 1 is 1.28 bits per heavy atom. The summed E-state index contributed by atoms with van der Waals surface area (Å²) in [5.41, 5.74) is 8.91. The lowest BCUT2D eigenvalue weighted by molar-refractivity contribution is 0.0944. The Labute approximate surface area is 149 Å². The molecule has 0 aliphatic carbocycles. The maximum atomic E-state index is 12.6. The van der Waals surface area contributed by atoms with E-state index in [-0.39, 0.29) is 11.9 Å². The third-order valence-electron chi connectivity index (χ3n) is 3.83. The maximum absolute atomic E-state index is 12.6. The molecule has 0 aliphatic heterocycles. The summed E-state index contributed by atoms with van der Waals surface area (Å²) < 4.78 is 9.54. The first-order chi connectivity index (χ1) is 12.1. The third-order valence-corrected chi connectivity index (χ3v) is 4.69. The summed E-state index contributed by atoms with van der Waals surface area (Å²) in [6, 6.07) is 11.0. The van der Waals surface area contributed by atoms with Crippen LogP contribution in [0.4, 0.5) is 5.69 Å². The van der Waals surface area contributed by atoms with E-state index in [0.717, 1.165) is 28.4 Å². The first-order valence-electron chi connectivity index (χ1n) is 7.70. The molecule has 3 rings (SSSR count). The van der Waals surface area contributed by atoms with E-state index in [1.54, 1.807) is 19.5 Å². The minimum Gasteiger partial charge on any atom is -0.497 e. The Kier molecular flexibility index (Phi) is 4.95. The van der Waals surface area contributed by atoms with Crippen molar-refractivity contribution in [3.05, 3.63) is 59.2 Å². The second-order valence-electron chi connectivity index (χ2n) is 5.48. The van der Waals surface area contributed by atoms with Crippen molar-refractivity contribution in [2.75, 3.05) is 12.8 Å². The van der Waals surface area contributed by atoms with Crippen molar-refractivity contribution >= 4 is 23.1 Å². The van der Waals surface area contributed by atoms with Crippen LogP contribution in [-0.2, 0) is 0 Å². The van der Waals surface area contributed by atoms with Crippen LogP contribution in [0.15, 0.2) is 48.8 Å². The second kappa shape index (κ2) is 7.31. The van der Waals surface area contributed by atoms with Crippen LogP contribution in [-0.4, -0.2) is 22.4 Å². The lowest BCUT2D eigenvalue weighted by Crippen LogP contribution is -2.26. The van der Waals surface area contributed by atoms with Gasteiger partial charge in [0.1, 0.15) is 16.3 Å². The number of nitrogens with zero attached hydrogens (tertiary/aromatic N) is 2. The summed E-state index contributed by atoms with van der Waals surface area (Å²) in [5, 5.41) is 2.95. The van der Waals surface area contributed by atoms with Crippen molar-refractivity contribution in [2.45, 2.75) is 13.0 Å². The number of hydrogen-bond acceptors (Lipinski definition) is 6. The van der Waals surface area contributed by atoms with Crippen LogP contribution in [0.5, 0.6) is 5.75 Å². The van der Waals surface area contributed by atoms with E-state index >= 15 is 0 Å². The van der Waals surface area contributed by atoms with Crippen LogP contribution < -0.4 is 15.8 Å². The summed E-state index contributed by atoms with van der Waals surface area (Å²) >= 11 is 1.09. The molecule has 0 unspecified atom stereocenters. The van der Waals surface area contributed by atoms with Crippen molar-refractivity contribution in [1.82, 2.24) is 14.7 Å². The normalized spacial score (nSPS) is 11.8. The van der Waals surface area contributed by atoms with Gasteiger partial charge in [-0.15, -0.1) is 0 Å². The molecule has 1 aromatic carbocycles. The number of ether oxygens (including phenoxy) is 1. The van der Waals surface area contributed by atoms with E-state index < -0.39 is 0 Å². The molecule has 0 fully saturated rings. The van der Waals surface area contributed by atoms with Gasteiger partial charge in [0, 0.05) is 18.0 Å². The number of amides is 1. The fourth-order valence-corrected chi connectivity index (χ4v) is 3.16. The van der Waals surface area contributed by atoms with Gasteiger partial charge in [-0.3, -0.25) is 9.78 Å². The van der Waals surface area contributed by atoms with Crippen molar-refractivity contribution in [2.24, 2.45) is 0 Å². The van der Waals surface area contributed by atoms with E-state index in [1.807, 2.05) is 43.3 Å². The van der Waals surface area contributed by atoms with E-state index in [9.17, 15) is 4.79 Å². The zero-order chi connectivity index (χ0) is 17.8. The number of pyridine rings is 1. The molecule has 3 aromatic rings. The SMILES string of the molecule is COc1cccc([C@@H](C)NC(=O)c2snc(-c3ccncc3)c2N)c1. The zero-order valence-corrected chi connectivity index (χ0v) is 14.7. The number of benzene rings is 1. The predicted octanol–water partition coefficient (Wildman–Crippen LogP) is 3.29. The van der Waals surface area contributed by atoms with E-state index in [0.29, 0.717) is 16.3 Å². The largest absolute Gasteiger partial charge is 0.497 e. The van der Waals surface area contributed by atoms with Crippen molar-refractivity contribution < 1.29 is 9.53 Å². The molecule has 7 heteroatoms. The van der Waals surface area contributed by atoms with Gasteiger partial charge in [-0.1, -0.05) is 12.1 Å². The number of carbonyl (C=O) groups excluding carboxylic acids is 1. The van der Waals surface area contributed by atoms with Gasteiger partial charge >= 0.3 is 0 Å². The van der Waals surface area contributed by atoms with Crippen LogP contribution in [0, 0.1) is 0 Å². The topological polar surface area (TPSA) is 90.1 Å². The molecule has 0 bridgehead atoms. The Balaban J connectivity index is 1.78. The van der Waals surface area contributed by atoms with Crippen LogP contribution in [0.2, 0.25) is 0 Å². The van der Waals surface area contributed by atoms with Crippen LogP contribution in [0.3, 0.4) is 0 Å². The summed E-state index contributed by atoms with van der Waals surface area (Å²) in [6.07, 6.45) is 3.33. The van der Waals surface area contributed by atoms with Crippen molar-refractivity contribution in [3.63, 3.8) is 0 Å². The van der Waals surface area contributed by atoms with Gasteiger partial charge in [-0.2, -0.15) is 4.37 Å². The van der Waals surface area contributed by atoms with Crippen LogP contribution >= 0.6 is 11.5 Å². The zero-order valence-electron chi connectivity index (χ0n) is 13.9. The standard InChI is InChI=1S/C18H18N4O2S/c1-11(13-4-3-5-14(10-13)24-2)21-18(23)17-15(19)16(22-25-17)12-6-8-20-9-7-12/h3-11H,19H2,1-2H3,(H,21,23)/t11-/m1/s1. The molecule has 6 nitrogen and oxygen atoms in total. The Hall–Kier alpha value is -2.93. The number of methoxy groups -OCH3 is 1. The highest BCUT2D eigenvalue weighted by molar-refractivity contribution is 7.09. The third kappa shape index (κ3) is 3.61.